The van der Waals surface area contributed by atoms with Gasteiger partial charge in [-0.15, -0.1) is 0 Å². The van der Waals surface area contributed by atoms with E-state index in [4.69, 9.17) is 4.99 Å². The Kier molecular flexibility index (Phi) is 3.95. The van der Waals surface area contributed by atoms with Gasteiger partial charge in [0.05, 0.1) is 6.54 Å². The van der Waals surface area contributed by atoms with Gasteiger partial charge in [0.1, 0.15) is 0 Å². The largest absolute Gasteiger partial charge is 0.343 e. The Labute approximate surface area is 122 Å². The minimum absolute atomic E-state index is 0.595. The molecule has 0 amide bonds. The van der Waals surface area contributed by atoms with Gasteiger partial charge >= 0.3 is 0 Å². The van der Waals surface area contributed by atoms with Crippen molar-refractivity contribution < 1.29 is 0 Å². The summed E-state index contributed by atoms with van der Waals surface area (Å²) in [5.74, 6) is 1.79. The molecule has 2 heterocycles. The summed E-state index contributed by atoms with van der Waals surface area (Å²) in [6.07, 6.45) is 3.98. The van der Waals surface area contributed by atoms with Gasteiger partial charge in [-0.3, -0.25) is 4.99 Å². The van der Waals surface area contributed by atoms with Crippen LogP contribution in [0, 0.1) is 0 Å². The number of piperidine rings is 1. The fraction of sp³-hybridized carbons (Fsp3) is 0.588. The molecular formula is C17H25N3. The standard InChI is InChI=1S/C17H25N3/c1-14(2)15-6-8-16(9-7-15)20-13-10-18-17(20)19-11-4-3-5-12-19/h6-9,14H,3-5,10-13H2,1-2H3. The molecule has 2 aliphatic rings. The molecule has 0 aromatic heterocycles. The Morgan fingerprint density at radius 3 is 2.30 bits per heavy atom. The van der Waals surface area contributed by atoms with Crippen LogP contribution in [0.25, 0.3) is 0 Å². The third kappa shape index (κ3) is 2.67. The van der Waals surface area contributed by atoms with Crippen molar-refractivity contribution in [1.29, 1.82) is 0 Å². The van der Waals surface area contributed by atoms with E-state index in [9.17, 15) is 0 Å². The quantitative estimate of drug-likeness (QED) is 0.820. The Balaban J connectivity index is 1.77. The predicted molar refractivity (Wildman–Crippen MR) is 85.6 cm³/mol. The first-order valence-corrected chi connectivity index (χ1v) is 7.92. The van der Waals surface area contributed by atoms with E-state index in [1.165, 1.54) is 49.6 Å². The van der Waals surface area contributed by atoms with Gasteiger partial charge in [-0.1, -0.05) is 26.0 Å². The van der Waals surface area contributed by atoms with Crippen LogP contribution >= 0.6 is 0 Å². The van der Waals surface area contributed by atoms with E-state index < -0.39 is 0 Å². The van der Waals surface area contributed by atoms with Crippen LogP contribution in [0.2, 0.25) is 0 Å². The van der Waals surface area contributed by atoms with Gasteiger partial charge in [0, 0.05) is 25.3 Å². The van der Waals surface area contributed by atoms with E-state index in [-0.39, 0.29) is 0 Å². The Morgan fingerprint density at radius 2 is 1.65 bits per heavy atom. The molecule has 0 spiro atoms. The molecule has 20 heavy (non-hydrogen) atoms. The number of nitrogens with zero attached hydrogens (tertiary/aromatic N) is 3. The van der Waals surface area contributed by atoms with E-state index in [2.05, 4.69) is 47.9 Å². The third-order valence-electron chi connectivity index (χ3n) is 4.33. The predicted octanol–water partition coefficient (Wildman–Crippen LogP) is 3.47. The van der Waals surface area contributed by atoms with Crippen LogP contribution in [0.15, 0.2) is 29.3 Å². The number of rotatable bonds is 2. The summed E-state index contributed by atoms with van der Waals surface area (Å²) < 4.78 is 0. The molecule has 0 bridgehead atoms. The van der Waals surface area contributed by atoms with Crippen LogP contribution < -0.4 is 4.90 Å². The molecular weight excluding hydrogens is 246 g/mol. The average Bonchev–Trinajstić information content (AvgIpc) is 2.97. The van der Waals surface area contributed by atoms with Gasteiger partial charge in [-0.05, 0) is 42.9 Å². The van der Waals surface area contributed by atoms with Crippen LogP contribution in [0.4, 0.5) is 5.69 Å². The molecule has 1 saturated heterocycles. The molecule has 3 nitrogen and oxygen atoms in total. The smallest absolute Gasteiger partial charge is 0.201 e. The van der Waals surface area contributed by atoms with E-state index in [1.54, 1.807) is 0 Å². The summed E-state index contributed by atoms with van der Waals surface area (Å²) in [5, 5.41) is 0. The number of hydrogen-bond donors (Lipinski definition) is 0. The first kappa shape index (κ1) is 13.5. The zero-order chi connectivity index (χ0) is 13.9. The van der Waals surface area contributed by atoms with Crippen LogP contribution in [0.5, 0.6) is 0 Å². The van der Waals surface area contributed by atoms with Gasteiger partial charge in [0.15, 0.2) is 0 Å². The highest BCUT2D eigenvalue weighted by atomic mass is 15.4. The van der Waals surface area contributed by atoms with Gasteiger partial charge in [-0.2, -0.15) is 0 Å². The van der Waals surface area contributed by atoms with Crippen LogP contribution in [-0.2, 0) is 0 Å². The molecule has 0 saturated carbocycles. The molecule has 0 unspecified atom stereocenters. The highest BCUT2D eigenvalue weighted by Crippen LogP contribution is 2.24. The second kappa shape index (κ2) is 5.86. The number of anilines is 1. The second-order valence-corrected chi connectivity index (χ2v) is 6.13. The fourth-order valence-corrected chi connectivity index (χ4v) is 3.08. The Bertz CT molecular complexity index is 470. The maximum absolute atomic E-state index is 4.74. The summed E-state index contributed by atoms with van der Waals surface area (Å²) in [5.41, 5.74) is 2.70. The Hall–Kier alpha value is -1.51. The van der Waals surface area contributed by atoms with Crippen LogP contribution in [0.1, 0.15) is 44.6 Å². The van der Waals surface area contributed by atoms with Crippen molar-refractivity contribution in [3.05, 3.63) is 29.8 Å². The van der Waals surface area contributed by atoms with Gasteiger partial charge in [0.25, 0.3) is 0 Å². The molecule has 0 radical (unpaired) electrons. The number of benzene rings is 1. The fourth-order valence-electron chi connectivity index (χ4n) is 3.08. The van der Waals surface area contributed by atoms with Gasteiger partial charge in [-0.25, -0.2) is 0 Å². The zero-order valence-corrected chi connectivity index (χ0v) is 12.7. The zero-order valence-electron chi connectivity index (χ0n) is 12.7. The molecule has 108 valence electrons. The molecule has 1 aromatic carbocycles. The van der Waals surface area contributed by atoms with Crippen molar-refractivity contribution in [3.8, 4) is 0 Å². The first-order chi connectivity index (χ1) is 9.75. The van der Waals surface area contributed by atoms with Crippen molar-refractivity contribution >= 4 is 11.6 Å². The van der Waals surface area contributed by atoms with Crippen molar-refractivity contribution in [2.75, 3.05) is 31.1 Å². The number of likely N-dealkylation sites (tertiary alicyclic amines) is 1. The summed E-state index contributed by atoms with van der Waals surface area (Å²) >= 11 is 0. The minimum Gasteiger partial charge on any atom is -0.343 e. The second-order valence-electron chi connectivity index (χ2n) is 6.13. The highest BCUT2D eigenvalue weighted by Gasteiger charge is 2.25. The Morgan fingerprint density at radius 1 is 0.950 bits per heavy atom. The lowest BCUT2D eigenvalue weighted by Gasteiger charge is -2.33. The van der Waals surface area contributed by atoms with Crippen molar-refractivity contribution in [2.24, 2.45) is 4.99 Å². The number of hydrogen-bond acceptors (Lipinski definition) is 3. The van der Waals surface area contributed by atoms with Gasteiger partial charge in [0.2, 0.25) is 5.96 Å². The summed E-state index contributed by atoms with van der Waals surface area (Å²) in [6, 6.07) is 9.01. The van der Waals surface area contributed by atoms with Gasteiger partial charge < -0.3 is 9.80 Å². The number of aliphatic imine (C=N–C) groups is 1. The topological polar surface area (TPSA) is 18.8 Å². The highest BCUT2D eigenvalue weighted by molar-refractivity contribution is 5.97. The summed E-state index contributed by atoms with van der Waals surface area (Å²) in [6.45, 7) is 8.76. The van der Waals surface area contributed by atoms with E-state index in [1.807, 2.05) is 0 Å². The van der Waals surface area contributed by atoms with E-state index in [0.29, 0.717) is 5.92 Å². The van der Waals surface area contributed by atoms with E-state index >= 15 is 0 Å². The molecule has 0 aliphatic carbocycles. The van der Waals surface area contributed by atoms with E-state index in [0.717, 1.165) is 13.1 Å². The molecule has 0 N–H and O–H groups in total. The molecule has 0 atom stereocenters. The molecule has 1 aromatic rings. The lowest BCUT2D eigenvalue weighted by molar-refractivity contribution is 0.339. The monoisotopic (exact) mass is 271 g/mol. The average molecular weight is 271 g/mol. The maximum atomic E-state index is 4.74. The van der Waals surface area contributed by atoms with Crippen molar-refractivity contribution in [1.82, 2.24) is 4.90 Å². The molecule has 1 fully saturated rings. The third-order valence-corrected chi connectivity index (χ3v) is 4.33. The SMILES string of the molecule is CC(C)c1ccc(N2CCN=C2N2CCCCC2)cc1. The summed E-state index contributed by atoms with van der Waals surface area (Å²) in [7, 11) is 0. The molecule has 3 heteroatoms. The lowest BCUT2D eigenvalue weighted by atomic mass is 10.0. The summed E-state index contributed by atoms with van der Waals surface area (Å²) in [4.78, 5) is 9.59. The number of guanidine groups is 1. The van der Waals surface area contributed by atoms with Crippen LogP contribution in [0.3, 0.4) is 0 Å². The normalized spacial score (nSPS) is 19.6. The first-order valence-electron chi connectivity index (χ1n) is 7.92. The van der Waals surface area contributed by atoms with Crippen molar-refractivity contribution in [3.63, 3.8) is 0 Å². The minimum atomic E-state index is 0.595. The molecule has 2 aliphatic heterocycles. The van der Waals surface area contributed by atoms with Crippen molar-refractivity contribution in [2.45, 2.75) is 39.0 Å². The lowest BCUT2D eigenvalue weighted by Crippen LogP contribution is -2.44. The molecule has 3 rings (SSSR count). The van der Waals surface area contributed by atoms with Crippen LogP contribution in [-0.4, -0.2) is 37.0 Å². The maximum Gasteiger partial charge on any atom is 0.201 e.